The van der Waals surface area contributed by atoms with Gasteiger partial charge in [0.1, 0.15) is 5.60 Å². The summed E-state index contributed by atoms with van der Waals surface area (Å²) in [6, 6.07) is 0.629. The van der Waals surface area contributed by atoms with Crippen molar-refractivity contribution in [3.8, 4) is 0 Å². The molecule has 2 saturated heterocycles. The van der Waals surface area contributed by atoms with E-state index in [4.69, 9.17) is 9.73 Å². The van der Waals surface area contributed by atoms with Gasteiger partial charge < -0.3 is 19.9 Å². The van der Waals surface area contributed by atoms with E-state index < -0.39 is 5.60 Å². The lowest BCUT2D eigenvalue weighted by Gasteiger charge is -2.34. The highest BCUT2D eigenvalue weighted by atomic mass is 16.6. The number of piperidine rings is 1. The predicted octanol–water partition coefficient (Wildman–Crippen LogP) is 2.94. The molecule has 1 amide bonds. The summed E-state index contributed by atoms with van der Waals surface area (Å²) in [5.41, 5.74) is -0.437. The summed E-state index contributed by atoms with van der Waals surface area (Å²) < 4.78 is 5.55. The number of carbonyl (C=O) groups excluding carboxylic acids is 1. The van der Waals surface area contributed by atoms with Crippen LogP contribution in [-0.2, 0) is 4.74 Å². The fourth-order valence-corrected chi connectivity index (χ4v) is 4.60. The Morgan fingerprint density at radius 3 is 2.60 bits per heavy atom. The molecule has 0 radical (unpaired) electrons. The fourth-order valence-electron chi connectivity index (χ4n) is 4.60. The second-order valence-electron chi connectivity index (χ2n) is 9.77. The molecule has 170 valence electrons. The molecule has 2 fully saturated rings. The van der Waals surface area contributed by atoms with E-state index in [1.807, 2.05) is 25.7 Å². The van der Waals surface area contributed by atoms with Crippen molar-refractivity contribution in [1.82, 2.24) is 20.0 Å². The number of hydrogen-bond donors (Lipinski definition) is 1. The Bertz CT molecular complexity index is 620. The van der Waals surface area contributed by atoms with Gasteiger partial charge in [-0.2, -0.15) is 0 Å². The van der Waals surface area contributed by atoms with Gasteiger partial charge in [0.25, 0.3) is 0 Å². The predicted molar refractivity (Wildman–Crippen MR) is 122 cm³/mol. The Balaban J connectivity index is 1.47. The second-order valence-corrected chi connectivity index (χ2v) is 9.77. The van der Waals surface area contributed by atoms with Crippen molar-refractivity contribution in [3.63, 3.8) is 0 Å². The standard InChI is InChI=1S/C23H41N5O2/c1-5-24-21(27-16-11-20(18-27)26-13-6-7-14-26)25-12-10-19-9-8-15-28(17-19)22(29)30-23(2,3)4/h6-7,19-20H,5,8-18H2,1-4H3,(H,24,25). The van der Waals surface area contributed by atoms with E-state index in [0.717, 1.165) is 71.2 Å². The number of carbonyl (C=O) groups is 1. The van der Waals surface area contributed by atoms with Crippen LogP contribution in [0.15, 0.2) is 17.1 Å². The summed E-state index contributed by atoms with van der Waals surface area (Å²) in [5.74, 6) is 1.55. The highest BCUT2D eigenvalue weighted by molar-refractivity contribution is 5.80. The molecule has 2 atom stereocenters. The number of guanidine groups is 1. The van der Waals surface area contributed by atoms with Crippen LogP contribution in [0.1, 0.15) is 53.4 Å². The first-order valence-electron chi connectivity index (χ1n) is 11.8. The molecule has 0 aromatic heterocycles. The van der Waals surface area contributed by atoms with Crippen molar-refractivity contribution in [2.75, 3.05) is 52.4 Å². The van der Waals surface area contributed by atoms with Gasteiger partial charge in [-0.1, -0.05) is 12.2 Å². The Morgan fingerprint density at radius 1 is 1.13 bits per heavy atom. The third kappa shape index (κ3) is 6.62. The van der Waals surface area contributed by atoms with Crippen LogP contribution in [0.4, 0.5) is 4.79 Å². The Morgan fingerprint density at radius 2 is 1.90 bits per heavy atom. The van der Waals surface area contributed by atoms with Crippen LogP contribution in [0, 0.1) is 5.92 Å². The molecular weight excluding hydrogens is 378 g/mol. The molecule has 7 heteroatoms. The highest BCUT2D eigenvalue weighted by Crippen LogP contribution is 2.22. The third-order valence-corrected chi connectivity index (χ3v) is 6.13. The van der Waals surface area contributed by atoms with Gasteiger partial charge >= 0.3 is 6.09 Å². The van der Waals surface area contributed by atoms with Gasteiger partial charge in [0.15, 0.2) is 5.96 Å². The lowest BCUT2D eigenvalue weighted by molar-refractivity contribution is 0.0163. The lowest BCUT2D eigenvalue weighted by Crippen LogP contribution is -2.43. The second kappa shape index (κ2) is 10.5. The number of nitrogens with zero attached hydrogens (tertiary/aromatic N) is 4. The van der Waals surface area contributed by atoms with Gasteiger partial charge in [0, 0.05) is 58.4 Å². The normalized spacial score (nSPS) is 25.8. The summed E-state index contributed by atoms with van der Waals surface area (Å²) in [6.07, 6.45) is 8.80. The van der Waals surface area contributed by atoms with Crippen molar-refractivity contribution >= 4 is 12.1 Å². The SMILES string of the molecule is CCNC(=NCCC1CCCN(C(=O)OC(C)(C)C)C1)N1CCC(N2CC=CC2)C1. The first kappa shape index (κ1) is 22.9. The number of rotatable bonds is 5. The molecule has 3 heterocycles. The van der Waals surface area contributed by atoms with Crippen LogP contribution < -0.4 is 5.32 Å². The van der Waals surface area contributed by atoms with Crippen LogP contribution >= 0.6 is 0 Å². The van der Waals surface area contributed by atoms with Gasteiger partial charge in [0.05, 0.1) is 0 Å². The Kier molecular flexibility index (Phi) is 8.03. The molecule has 0 spiro atoms. The van der Waals surface area contributed by atoms with Gasteiger partial charge in [0.2, 0.25) is 0 Å². The first-order chi connectivity index (χ1) is 14.4. The molecule has 30 heavy (non-hydrogen) atoms. The molecule has 0 aromatic rings. The molecule has 0 aromatic carbocycles. The summed E-state index contributed by atoms with van der Waals surface area (Å²) in [6.45, 7) is 15.5. The number of nitrogens with one attached hydrogen (secondary N) is 1. The molecular formula is C23H41N5O2. The minimum atomic E-state index is -0.437. The summed E-state index contributed by atoms with van der Waals surface area (Å²) in [5, 5.41) is 3.48. The van der Waals surface area contributed by atoms with Gasteiger partial charge in [-0.25, -0.2) is 4.79 Å². The number of hydrogen-bond acceptors (Lipinski definition) is 4. The van der Waals surface area contributed by atoms with Crippen LogP contribution in [0.25, 0.3) is 0 Å². The van der Waals surface area contributed by atoms with Gasteiger partial charge in [-0.3, -0.25) is 9.89 Å². The van der Waals surface area contributed by atoms with E-state index in [0.29, 0.717) is 12.0 Å². The number of amides is 1. The van der Waals surface area contributed by atoms with E-state index in [1.54, 1.807) is 0 Å². The molecule has 7 nitrogen and oxygen atoms in total. The summed E-state index contributed by atoms with van der Waals surface area (Å²) in [4.78, 5) is 24.2. The van der Waals surface area contributed by atoms with Crippen molar-refractivity contribution in [2.45, 2.75) is 65.0 Å². The van der Waals surface area contributed by atoms with Gasteiger partial charge in [-0.05, 0) is 59.3 Å². The molecule has 1 N–H and O–H groups in total. The lowest BCUT2D eigenvalue weighted by atomic mass is 9.95. The highest BCUT2D eigenvalue weighted by Gasteiger charge is 2.30. The average molecular weight is 420 g/mol. The molecule has 0 bridgehead atoms. The smallest absolute Gasteiger partial charge is 0.410 e. The zero-order valence-electron chi connectivity index (χ0n) is 19.4. The fraction of sp³-hybridized carbons (Fsp3) is 0.826. The van der Waals surface area contributed by atoms with Crippen molar-refractivity contribution in [2.24, 2.45) is 10.9 Å². The number of likely N-dealkylation sites (tertiary alicyclic amines) is 2. The Hall–Kier alpha value is -1.76. The average Bonchev–Trinajstić information content (AvgIpc) is 3.38. The van der Waals surface area contributed by atoms with E-state index >= 15 is 0 Å². The molecule has 0 saturated carbocycles. The van der Waals surface area contributed by atoms with E-state index in [2.05, 4.69) is 34.2 Å². The number of ether oxygens (including phenoxy) is 1. The maximum absolute atomic E-state index is 12.4. The van der Waals surface area contributed by atoms with E-state index in [9.17, 15) is 4.79 Å². The van der Waals surface area contributed by atoms with Crippen molar-refractivity contribution in [1.29, 1.82) is 0 Å². The first-order valence-corrected chi connectivity index (χ1v) is 11.8. The molecule has 3 aliphatic rings. The quantitative estimate of drug-likeness (QED) is 0.422. The largest absolute Gasteiger partial charge is 0.444 e. The van der Waals surface area contributed by atoms with Crippen molar-refractivity contribution < 1.29 is 9.53 Å². The summed E-state index contributed by atoms with van der Waals surface area (Å²) >= 11 is 0. The topological polar surface area (TPSA) is 60.4 Å². The minimum Gasteiger partial charge on any atom is -0.444 e. The number of aliphatic imine (C=N–C) groups is 1. The van der Waals surface area contributed by atoms with Crippen LogP contribution in [-0.4, -0.2) is 90.8 Å². The third-order valence-electron chi connectivity index (χ3n) is 6.13. The van der Waals surface area contributed by atoms with Crippen LogP contribution in [0.5, 0.6) is 0 Å². The maximum atomic E-state index is 12.4. The maximum Gasteiger partial charge on any atom is 0.410 e. The monoisotopic (exact) mass is 419 g/mol. The molecule has 3 rings (SSSR count). The molecule has 0 aliphatic carbocycles. The van der Waals surface area contributed by atoms with E-state index in [1.165, 1.54) is 12.8 Å². The minimum absolute atomic E-state index is 0.177. The van der Waals surface area contributed by atoms with Gasteiger partial charge in [-0.15, -0.1) is 0 Å². The Labute approximate surface area is 182 Å². The molecule has 3 aliphatic heterocycles. The van der Waals surface area contributed by atoms with Crippen molar-refractivity contribution in [3.05, 3.63) is 12.2 Å². The van der Waals surface area contributed by atoms with Crippen LogP contribution in [0.3, 0.4) is 0 Å². The van der Waals surface area contributed by atoms with E-state index in [-0.39, 0.29) is 6.09 Å². The zero-order chi connectivity index (χ0) is 21.6. The van der Waals surface area contributed by atoms with Crippen LogP contribution in [0.2, 0.25) is 0 Å². The molecule has 2 unspecified atom stereocenters. The summed E-state index contributed by atoms with van der Waals surface area (Å²) in [7, 11) is 0. The zero-order valence-corrected chi connectivity index (χ0v) is 19.4.